The molecule has 14 heavy (non-hydrogen) atoms. The number of ether oxygens (including phenoxy) is 1. The SMILES string of the molecule is COC(=O)c1cc(S)cc(F)c1C#N. The molecule has 0 heterocycles. The van der Waals surface area contributed by atoms with Gasteiger partial charge in [0.1, 0.15) is 17.4 Å². The Hall–Kier alpha value is -1.54. The number of thiol groups is 1. The van der Waals surface area contributed by atoms with Crippen molar-refractivity contribution in [2.45, 2.75) is 4.90 Å². The number of nitrogens with zero attached hydrogens (tertiary/aromatic N) is 1. The highest BCUT2D eigenvalue weighted by Gasteiger charge is 2.16. The summed E-state index contributed by atoms with van der Waals surface area (Å²) in [6.07, 6.45) is 0. The fraction of sp³-hybridized carbons (Fsp3) is 0.111. The third-order valence-electron chi connectivity index (χ3n) is 1.59. The lowest BCUT2D eigenvalue weighted by Crippen LogP contribution is -2.06. The minimum Gasteiger partial charge on any atom is -0.465 e. The van der Waals surface area contributed by atoms with Crippen LogP contribution in [0.15, 0.2) is 17.0 Å². The average Bonchev–Trinajstić information content (AvgIpc) is 2.15. The minimum absolute atomic E-state index is 0.111. The monoisotopic (exact) mass is 211 g/mol. The van der Waals surface area contributed by atoms with Gasteiger partial charge in [0.25, 0.3) is 0 Å². The van der Waals surface area contributed by atoms with Crippen molar-refractivity contribution < 1.29 is 13.9 Å². The molecule has 5 heteroatoms. The van der Waals surface area contributed by atoms with Gasteiger partial charge in [0, 0.05) is 4.90 Å². The van der Waals surface area contributed by atoms with E-state index in [1.165, 1.54) is 6.07 Å². The van der Waals surface area contributed by atoms with E-state index in [-0.39, 0.29) is 16.0 Å². The number of rotatable bonds is 1. The molecule has 0 bridgehead atoms. The molecule has 0 N–H and O–H groups in total. The third-order valence-corrected chi connectivity index (χ3v) is 1.85. The van der Waals surface area contributed by atoms with Gasteiger partial charge in [-0.1, -0.05) is 0 Å². The predicted molar refractivity (Wildman–Crippen MR) is 49.7 cm³/mol. The van der Waals surface area contributed by atoms with E-state index in [1.54, 1.807) is 6.07 Å². The van der Waals surface area contributed by atoms with Gasteiger partial charge in [-0.2, -0.15) is 5.26 Å². The van der Waals surface area contributed by atoms with Crippen LogP contribution in [0.4, 0.5) is 4.39 Å². The molecule has 0 atom stereocenters. The fourth-order valence-electron chi connectivity index (χ4n) is 0.977. The second kappa shape index (κ2) is 4.11. The maximum absolute atomic E-state index is 13.1. The lowest BCUT2D eigenvalue weighted by Gasteiger charge is -2.03. The molecule has 1 aromatic carbocycles. The van der Waals surface area contributed by atoms with E-state index >= 15 is 0 Å². The van der Waals surface area contributed by atoms with Crippen molar-refractivity contribution in [1.29, 1.82) is 5.26 Å². The van der Waals surface area contributed by atoms with Crippen LogP contribution in [0.3, 0.4) is 0 Å². The molecule has 1 aromatic rings. The maximum Gasteiger partial charge on any atom is 0.339 e. The first-order valence-electron chi connectivity index (χ1n) is 3.61. The Balaban J connectivity index is 3.41. The van der Waals surface area contributed by atoms with Crippen molar-refractivity contribution >= 4 is 18.6 Å². The lowest BCUT2D eigenvalue weighted by molar-refractivity contribution is 0.0599. The molecule has 0 unspecified atom stereocenters. The lowest BCUT2D eigenvalue weighted by atomic mass is 10.1. The first-order chi connectivity index (χ1) is 6.60. The molecule has 0 saturated carbocycles. The molecule has 3 nitrogen and oxygen atoms in total. The topological polar surface area (TPSA) is 50.1 Å². The van der Waals surface area contributed by atoms with Crippen molar-refractivity contribution in [1.82, 2.24) is 0 Å². The zero-order valence-corrected chi connectivity index (χ0v) is 8.14. The molecule has 0 saturated heterocycles. The Bertz CT molecular complexity index is 426. The smallest absolute Gasteiger partial charge is 0.339 e. The summed E-state index contributed by atoms with van der Waals surface area (Å²) in [6, 6.07) is 3.95. The van der Waals surface area contributed by atoms with Gasteiger partial charge >= 0.3 is 5.97 Å². The van der Waals surface area contributed by atoms with E-state index in [1.807, 2.05) is 0 Å². The van der Waals surface area contributed by atoms with E-state index in [0.717, 1.165) is 13.2 Å². The van der Waals surface area contributed by atoms with Gasteiger partial charge in [0.05, 0.1) is 12.7 Å². The number of benzene rings is 1. The van der Waals surface area contributed by atoms with Gasteiger partial charge in [-0.3, -0.25) is 0 Å². The number of hydrogen-bond acceptors (Lipinski definition) is 4. The van der Waals surface area contributed by atoms with E-state index in [9.17, 15) is 9.18 Å². The Morgan fingerprint density at radius 1 is 1.64 bits per heavy atom. The molecule has 0 amide bonds. The van der Waals surface area contributed by atoms with Crippen molar-refractivity contribution in [2.24, 2.45) is 0 Å². The van der Waals surface area contributed by atoms with Crippen LogP contribution in [0.1, 0.15) is 15.9 Å². The Labute approximate surface area is 85.5 Å². The van der Waals surface area contributed by atoms with Gasteiger partial charge in [-0.25, -0.2) is 9.18 Å². The zero-order valence-electron chi connectivity index (χ0n) is 7.24. The Kier molecular flexibility index (Phi) is 3.10. The van der Waals surface area contributed by atoms with Crippen LogP contribution in [-0.4, -0.2) is 13.1 Å². The molecular formula is C9H6FNO2S. The van der Waals surface area contributed by atoms with Gasteiger partial charge < -0.3 is 4.74 Å². The molecule has 0 fully saturated rings. The van der Waals surface area contributed by atoms with E-state index < -0.39 is 11.8 Å². The second-order valence-corrected chi connectivity index (χ2v) is 2.97. The van der Waals surface area contributed by atoms with Crippen molar-refractivity contribution in [3.63, 3.8) is 0 Å². The summed E-state index contributed by atoms with van der Waals surface area (Å²) >= 11 is 3.89. The molecule has 0 aromatic heterocycles. The number of halogens is 1. The molecule has 0 aliphatic carbocycles. The van der Waals surface area contributed by atoms with Crippen molar-refractivity contribution in [3.05, 3.63) is 29.1 Å². The molecule has 0 aliphatic heterocycles. The largest absolute Gasteiger partial charge is 0.465 e. The summed E-state index contributed by atoms with van der Waals surface area (Å²) in [7, 11) is 1.16. The summed E-state index contributed by atoms with van der Waals surface area (Å²) in [5.41, 5.74) is -0.436. The van der Waals surface area contributed by atoms with Crippen LogP contribution in [0.25, 0.3) is 0 Å². The quantitative estimate of drug-likeness (QED) is 0.569. The first kappa shape index (κ1) is 10.5. The van der Waals surface area contributed by atoms with Crippen LogP contribution < -0.4 is 0 Å². The molecule has 72 valence electrons. The minimum atomic E-state index is -0.777. The van der Waals surface area contributed by atoms with E-state index in [4.69, 9.17) is 5.26 Å². The van der Waals surface area contributed by atoms with E-state index in [2.05, 4.69) is 17.4 Å². The van der Waals surface area contributed by atoms with E-state index in [0.29, 0.717) is 0 Å². The molecule has 0 spiro atoms. The molecule has 1 rings (SSSR count). The van der Waals surface area contributed by atoms with Crippen LogP contribution in [0.2, 0.25) is 0 Å². The third kappa shape index (κ3) is 1.86. The summed E-state index contributed by atoms with van der Waals surface area (Å²) < 4.78 is 17.5. The normalized spacial score (nSPS) is 9.29. The van der Waals surface area contributed by atoms with Crippen molar-refractivity contribution in [3.8, 4) is 6.07 Å². The second-order valence-electron chi connectivity index (χ2n) is 2.45. The number of methoxy groups -OCH3 is 1. The summed E-state index contributed by atoms with van der Waals surface area (Å²) in [5.74, 6) is -1.53. The van der Waals surface area contributed by atoms with Gasteiger partial charge in [0.2, 0.25) is 0 Å². The maximum atomic E-state index is 13.1. The van der Waals surface area contributed by atoms with Gasteiger partial charge in [-0.05, 0) is 12.1 Å². The molecule has 0 aliphatic rings. The number of carbonyl (C=O) groups is 1. The number of carbonyl (C=O) groups excluding carboxylic acids is 1. The Morgan fingerprint density at radius 2 is 2.29 bits per heavy atom. The summed E-state index contributed by atoms with van der Waals surface area (Å²) in [5, 5.41) is 8.61. The highest BCUT2D eigenvalue weighted by Crippen LogP contribution is 2.18. The highest BCUT2D eigenvalue weighted by atomic mass is 32.1. The zero-order chi connectivity index (χ0) is 10.7. The number of nitriles is 1. The predicted octanol–water partition coefficient (Wildman–Crippen LogP) is 1.77. The molecular weight excluding hydrogens is 205 g/mol. The first-order valence-corrected chi connectivity index (χ1v) is 4.05. The fourth-order valence-corrected chi connectivity index (χ4v) is 1.22. The van der Waals surface area contributed by atoms with Crippen LogP contribution in [0, 0.1) is 17.1 Å². The number of esters is 1. The average molecular weight is 211 g/mol. The summed E-state index contributed by atoms with van der Waals surface area (Å²) in [6.45, 7) is 0. The number of hydrogen-bond donors (Lipinski definition) is 1. The van der Waals surface area contributed by atoms with Gasteiger partial charge in [-0.15, -0.1) is 12.6 Å². The van der Waals surface area contributed by atoms with Gasteiger partial charge in [0.15, 0.2) is 0 Å². The standard InChI is InChI=1S/C9H6FNO2S/c1-13-9(12)6-2-5(14)3-8(10)7(6)4-11/h2-3,14H,1H3. The Morgan fingerprint density at radius 3 is 2.79 bits per heavy atom. The highest BCUT2D eigenvalue weighted by molar-refractivity contribution is 7.80. The van der Waals surface area contributed by atoms with Crippen molar-refractivity contribution in [2.75, 3.05) is 7.11 Å². The van der Waals surface area contributed by atoms with Crippen LogP contribution >= 0.6 is 12.6 Å². The van der Waals surface area contributed by atoms with Crippen LogP contribution in [0.5, 0.6) is 0 Å². The summed E-state index contributed by atoms with van der Waals surface area (Å²) in [4.78, 5) is 11.4. The van der Waals surface area contributed by atoms with Crippen LogP contribution in [-0.2, 0) is 4.74 Å². The molecule has 0 radical (unpaired) electrons.